The number of rotatable bonds is 5. The SMILES string of the molecule is C=Cc1ccc(S(=O)(=O)Oc2ccccc2C(=O)OC)cc1. The maximum absolute atomic E-state index is 12.3. The first-order valence-corrected chi connectivity index (χ1v) is 7.73. The molecule has 0 fully saturated rings. The monoisotopic (exact) mass is 318 g/mol. The van der Waals surface area contributed by atoms with Crippen LogP contribution in [0.3, 0.4) is 0 Å². The fourth-order valence-corrected chi connectivity index (χ4v) is 2.70. The molecule has 5 nitrogen and oxygen atoms in total. The second-order valence-corrected chi connectivity index (χ2v) is 5.84. The third-order valence-corrected chi connectivity index (χ3v) is 4.14. The van der Waals surface area contributed by atoms with Gasteiger partial charge in [0.15, 0.2) is 5.75 Å². The van der Waals surface area contributed by atoms with Gasteiger partial charge in [-0.15, -0.1) is 0 Å². The number of methoxy groups -OCH3 is 1. The maximum Gasteiger partial charge on any atom is 0.341 e. The molecule has 0 atom stereocenters. The zero-order valence-corrected chi connectivity index (χ0v) is 12.7. The summed E-state index contributed by atoms with van der Waals surface area (Å²) in [6, 6.07) is 12.0. The zero-order valence-electron chi connectivity index (χ0n) is 11.9. The average Bonchev–Trinajstić information content (AvgIpc) is 2.54. The molecule has 22 heavy (non-hydrogen) atoms. The normalized spacial score (nSPS) is 10.8. The highest BCUT2D eigenvalue weighted by Crippen LogP contribution is 2.24. The Hall–Kier alpha value is -2.60. The molecule has 2 aromatic rings. The Morgan fingerprint density at radius 3 is 2.32 bits per heavy atom. The van der Waals surface area contributed by atoms with Crippen LogP contribution in [0.4, 0.5) is 0 Å². The number of carbonyl (C=O) groups excluding carboxylic acids is 1. The molecule has 0 unspecified atom stereocenters. The topological polar surface area (TPSA) is 69.7 Å². The van der Waals surface area contributed by atoms with E-state index in [1.165, 1.54) is 31.4 Å². The van der Waals surface area contributed by atoms with E-state index in [0.717, 1.165) is 5.56 Å². The second kappa shape index (κ2) is 6.44. The van der Waals surface area contributed by atoms with Crippen molar-refractivity contribution in [1.29, 1.82) is 0 Å². The lowest BCUT2D eigenvalue weighted by Crippen LogP contribution is -2.13. The quantitative estimate of drug-likeness (QED) is 0.626. The summed E-state index contributed by atoms with van der Waals surface area (Å²) < 4.78 is 34.2. The number of benzene rings is 2. The van der Waals surface area contributed by atoms with Crippen LogP contribution in [0.2, 0.25) is 0 Å². The van der Waals surface area contributed by atoms with Crippen molar-refractivity contribution >= 4 is 22.2 Å². The minimum absolute atomic E-state index is 0.0160. The van der Waals surface area contributed by atoms with Gasteiger partial charge in [0.1, 0.15) is 10.5 Å². The lowest BCUT2D eigenvalue weighted by atomic mass is 10.2. The van der Waals surface area contributed by atoms with Gasteiger partial charge >= 0.3 is 16.1 Å². The van der Waals surface area contributed by atoms with E-state index in [0.29, 0.717) is 0 Å². The fourth-order valence-electron chi connectivity index (χ4n) is 1.75. The molecule has 0 saturated carbocycles. The lowest BCUT2D eigenvalue weighted by molar-refractivity contribution is 0.0599. The fraction of sp³-hybridized carbons (Fsp3) is 0.0625. The van der Waals surface area contributed by atoms with Gasteiger partial charge in [-0.05, 0) is 29.8 Å². The standard InChI is InChI=1S/C16H14O5S/c1-3-12-8-10-13(11-9-12)22(18,19)21-15-7-5-4-6-14(15)16(17)20-2/h3-11H,1H2,2H3. The number of ether oxygens (including phenoxy) is 1. The minimum Gasteiger partial charge on any atom is -0.465 e. The number of carbonyl (C=O) groups is 1. The van der Waals surface area contributed by atoms with E-state index in [2.05, 4.69) is 11.3 Å². The Morgan fingerprint density at radius 1 is 1.09 bits per heavy atom. The summed E-state index contributed by atoms with van der Waals surface area (Å²) in [6.45, 7) is 3.60. The first-order valence-electron chi connectivity index (χ1n) is 6.32. The number of para-hydroxylation sites is 1. The molecular weight excluding hydrogens is 304 g/mol. The van der Waals surface area contributed by atoms with Crippen LogP contribution in [0, 0.1) is 0 Å². The van der Waals surface area contributed by atoms with Crippen LogP contribution >= 0.6 is 0 Å². The summed E-state index contributed by atoms with van der Waals surface area (Å²) in [5.41, 5.74) is 0.824. The van der Waals surface area contributed by atoms with Crippen molar-refractivity contribution < 1.29 is 22.1 Å². The van der Waals surface area contributed by atoms with Gasteiger partial charge in [-0.2, -0.15) is 8.42 Å². The van der Waals surface area contributed by atoms with Crippen molar-refractivity contribution in [2.45, 2.75) is 4.90 Å². The highest BCUT2D eigenvalue weighted by molar-refractivity contribution is 7.87. The van der Waals surface area contributed by atoms with Crippen LogP contribution in [-0.2, 0) is 14.9 Å². The molecule has 0 amide bonds. The van der Waals surface area contributed by atoms with Gasteiger partial charge < -0.3 is 8.92 Å². The predicted molar refractivity (Wildman–Crippen MR) is 82.1 cm³/mol. The van der Waals surface area contributed by atoms with E-state index in [-0.39, 0.29) is 16.2 Å². The van der Waals surface area contributed by atoms with Crippen molar-refractivity contribution in [2.75, 3.05) is 7.11 Å². The third-order valence-electron chi connectivity index (χ3n) is 2.90. The van der Waals surface area contributed by atoms with E-state index < -0.39 is 16.1 Å². The van der Waals surface area contributed by atoms with Crippen LogP contribution in [0.1, 0.15) is 15.9 Å². The Balaban J connectivity index is 2.36. The molecule has 0 aromatic heterocycles. The number of esters is 1. The number of hydrogen-bond acceptors (Lipinski definition) is 5. The smallest absolute Gasteiger partial charge is 0.341 e. The van der Waals surface area contributed by atoms with Crippen LogP contribution in [0.5, 0.6) is 5.75 Å². The summed E-state index contributed by atoms with van der Waals surface area (Å²) in [5, 5.41) is 0. The molecule has 0 saturated heterocycles. The van der Waals surface area contributed by atoms with Crippen molar-refractivity contribution in [1.82, 2.24) is 0 Å². The van der Waals surface area contributed by atoms with E-state index in [1.807, 2.05) is 0 Å². The summed E-state index contributed by atoms with van der Waals surface area (Å²) in [4.78, 5) is 11.6. The lowest BCUT2D eigenvalue weighted by Gasteiger charge is -2.10. The van der Waals surface area contributed by atoms with Gasteiger partial charge in [-0.1, -0.05) is 36.9 Å². The molecule has 2 rings (SSSR count). The molecule has 0 bridgehead atoms. The Bertz CT molecular complexity index is 792. The molecule has 0 N–H and O–H groups in total. The molecule has 6 heteroatoms. The van der Waals surface area contributed by atoms with Gasteiger partial charge in [0, 0.05) is 0 Å². The minimum atomic E-state index is -4.04. The molecule has 0 aliphatic rings. The summed E-state index contributed by atoms with van der Waals surface area (Å²) in [5.74, 6) is -0.755. The molecule has 0 spiro atoms. The van der Waals surface area contributed by atoms with E-state index in [1.54, 1.807) is 30.3 Å². The van der Waals surface area contributed by atoms with E-state index in [9.17, 15) is 13.2 Å². The Morgan fingerprint density at radius 2 is 1.73 bits per heavy atom. The third kappa shape index (κ3) is 3.35. The summed E-state index contributed by atoms with van der Waals surface area (Å²) in [6.07, 6.45) is 1.60. The molecule has 0 aliphatic heterocycles. The largest absolute Gasteiger partial charge is 0.465 e. The zero-order chi connectivity index (χ0) is 16.2. The molecule has 0 aliphatic carbocycles. The van der Waals surface area contributed by atoms with Crippen LogP contribution in [0.25, 0.3) is 6.08 Å². The van der Waals surface area contributed by atoms with Gasteiger partial charge in [-0.25, -0.2) is 4.79 Å². The molecule has 114 valence electrons. The van der Waals surface area contributed by atoms with Crippen molar-refractivity contribution in [3.8, 4) is 5.75 Å². The second-order valence-electron chi connectivity index (χ2n) is 4.30. The molecule has 0 radical (unpaired) electrons. The first-order chi connectivity index (χ1) is 10.5. The highest BCUT2D eigenvalue weighted by Gasteiger charge is 2.21. The highest BCUT2D eigenvalue weighted by atomic mass is 32.2. The predicted octanol–water partition coefficient (Wildman–Crippen LogP) is 2.88. The van der Waals surface area contributed by atoms with E-state index in [4.69, 9.17) is 4.18 Å². The summed E-state index contributed by atoms with van der Waals surface area (Å²) >= 11 is 0. The van der Waals surface area contributed by atoms with E-state index >= 15 is 0 Å². The first kappa shape index (κ1) is 15.8. The average molecular weight is 318 g/mol. The van der Waals surface area contributed by atoms with Gasteiger partial charge in [-0.3, -0.25) is 0 Å². The van der Waals surface area contributed by atoms with Gasteiger partial charge in [0.25, 0.3) is 0 Å². The molecule has 2 aromatic carbocycles. The van der Waals surface area contributed by atoms with Crippen molar-refractivity contribution in [3.63, 3.8) is 0 Å². The van der Waals surface area contributed by atoms with Crippen LogP contribution in [0.15, 0.2) is 60.0 Å². The van der Waals surface area contributed by atoms with Gasteiger partial charge in [0.05, 0.1) is 7.11 Å². The Labute approximate surface area is 128 Å². The molecule has 0 heterocycles. The van der Waals surface area contributed by atoms with Crippen LogP contribution in [-0.4, -0.2) is 21.5 Å². The molecular formula is C16H14O5S. The van der Waals surface area contributed by atoms with Crippen LogP contribution < -0.4 is 4.18 Å². The van der Waals surface area contributed by atoms with Crippen molar-refractivity contribution in [3.05, 3.63) is 66.2 Å². The van der Waals surface area contributed by atoms with Crippen molar-refractivity contribution in [2.24, 2.45) is 0 Å². The Kier molecular flexibility index (Phi) is 4.62. The summed E-state index contributed by atoms with van der Waals surface area (Å²) in [7, 11) is -2.83. The number of hydrogen-bond donors (Lipinski definition) is 0. The maximum atomic E-state index is 12.3. The van der Waals surface area contributed by atoms with Gasteiger partial charge in [0.2, 0.25) is 0 Å².